The number of hydrogen-bond acceptors (Lipinski definition) is 4. The Morgan fingerprint density at radius 1 is 1.00 bits per heavy atom. The van der Waals surface area contributed by atoms with E-state index in [2.05, 4.69) is 45.5 Å². The van der Waals surface area contributed by atoms with Crippen molar-refractivity contribution in [2.24, 2.45) is 0 Å². The van der Waals surface area contributed by atoms with E-state index in [0.29, 0.717) is 6.04 Å². The van der Waals surface area contributed by atoms with Crippen LogP contribution < -0.4 is 0 Å². The van der Waals surface area contributed by atoms with Gasteiger partial charge in [-0.25, -0.2) is 0 Å². The average molecular weight is 451 g/mol. The Bertz CT molecular complexity index is 965. The molecule has 0 atom stereocenters. The van der Waals surface area contributed by atoms with Gasteiger partial charge in [-0.1, -0.05) is 11.1 Å². The van der Waals surface area contributed by atoms with Gasteiger partial charge < -0.3 is 14.6 Å². The van der Waals surface area contributed by atoms with E-state index < -0.39 is 0 Å². The van der Waals surface area contributed by atoms with Gasteiger partial charge in [-0.15, -0.1) is 0 Å². The maximum Gasteiger partial charge on any atom is 0.0519 e. The van der Waals surface area contributed by atoms with Gasteiger partial charge in [-0.3, -0.25) is 9.88 Å². The number of fused-ring (bicyclic) bond motifs is 1. The van der Waals surface area contributed by atoms with E-state index in [1.807, 2.05) is 6.20 Å². The maximum absolute atomic E-state index is 9.97. The molecule has 0 bridgehead atoms. The van der Waals surface area contributed by atoms with Crippen molar-refractivity contribution in [3.63, 3.8) is 0 Å². The molecule has 0 aromatic carbocycles. The highest BCUT2D eigenvalue weighted by atomic mass is 16.3. The van der Waals surface area contributed by atoms with Crippen LogP contribution in [0.15, 0.2) is 29.6 Å². The first kappa shape index (κ1) is 23.1. The molecule has 1 N–H and O–H groups in total. The number of aliphatic hydroxyl groups excluding tert-OH is 1. The van der Waals surface area contributed by atoms with E-state index in [0.717, 1.165) is 19.0 Å². The maximum atomic E-state index is 9.97. The molecule has 1 saturated carbocycles. The van der Waals surface area contributed by atoms with Gasteiger partial charge >= 0.3 is 0 Å². The second kappa shape index (κ2) is 10.3. The van der Waals surface area contributed by atoms with Crippen molar-refractivity contribution >= 4 is 10.9 Å². The number of likely N-dealkylation sites (tertiary alicyclic amines) is 2. The molecule has 0 spiro atoms. The number of rotatable bonds is 6. The highest BCUT2D eigenvalue weighted by molar-refractivity contribution is 5.85. The third-order valence-electron chi connectivity index (χ3n) is 8.60. The lowest BCUT2D eigenvalue weighted by molar-refractivity contribution is 0.116. The van der Waals surface area contributed by atoms with Gasteiger partial charge in [-0.05, 0) is 89.9 Å². The minimum atomic E-state index is 0.213. The summed E-state index contributed by atoms with van der Waals surface area (Å²) < 4.78 is 2.61. The average Bonchev–Trinajstić information content (AvgIpc) is 3.47. The summed E-state index contributed by atoms with van der Waals surface area (Å²) in [7, 11) is 0. The van der Waals surface area contributed by atoms with Crippen molar-refractivity contribution in [1.29, 1.82) is 0 Å². The van der Waals surface area contributed by atoms with Crippen LogP contribution in [0.3, 0.4) is 0 Å². The van der Waals surface area contributed by atoms with Crippen molar-refractivity contribution in [2.75, 3.05) is 32.8 Å². The lowest BCUT2D eigenvalue weighted by Crippen LogP contribution is -2.43. The molecule has 1 aliphatic carbocycles. The number of pyridine rings is 1. The normalized spacial score (nSPS) is 23.6. The molecule has 0 unspecified atom stereocenters. The fourth-order valence-corrected chi connectivity index (χ4v) is 6.74. The summed E-state index contributed by atoms with van der Waals surface area (Å²) in [6.45, 7) is 10.6. The van der Waals surface area contributed by atoms with Gasteiger partial charge in [0.05, 0.1) is 5.52 Å². The minimum Gasteiger partial charge on any atom is -0.396 e. The lowest BCUT2D eigenvalue weighted by atomic mass is 9.86. The summed E-state index contributed by atoms with van der Waals surface area (Å²) in [5, 5.41) is 11.3. The van der Waals surface area contributed by atoms with Gasteiger partial charge in [0.15, 0.2) is 0 Å². The van der Waals surface area contributed by atoms with Crippen LogP contribution in [0.4, 0.5) is 0 Å². The van der Waals surface area contributed by atoms with E-state index in [-0.39, 0.29) is 6.61 Å². The highest BCUT2D eigenvalue weighted by Crippen LogP contribution is 2.37. The van der Waals surface area contributed by atoms with Crippen LogP contribution >= 0.6 is 0 Å². The number of nitrogens with zero attached hydrogens (tertiary/aromatic N) is 4. The number of aliphatic hydroxyl groups is 1. The van der Waals surface area contributed by atoms with Crippen LogP contribution in [0.2, 0.25) is 0 Å². The molecular formula is C28H42N4O. The molecule has 180 valence electrons. The molecule has 0 amide bonds. The summed E-state index contributed by atoms with van der Waals surface area (Å²) in [4.78, 5) is 9.86. The quantitative estimate of drug-likeness (QED) is 0.623. The minimum absolute atomic E-state index is 0.213. The van der Waals surface area contributed by atoms with Crippen LogP contribution in [-0.2, 0) is 13.0 Å². The summed E-state index contributed by atoms with van der Waals surface area (Å²) in [5.41, 5.74) is 7.34. The topological polar surface area (TPSA) is 44.5 Å². The van der Waals surface area contributed by atoms with Crippen LogP contribution in [0.1, 0.15) is 82.5 Å². The molecular weight excluding hydrogens is 408 g/mol. The standard InChI is InChI=1S/C28H42N4O/c1-21(2)22-5-7-23(8-6-22)31-16-10-24(11-17-31)32-27-9-13-29-19-25(27)26(28(32)12-18-33)20-30-14-3-4-15-30/h9,13,19,23-24,33H,3-8,10-12,14-18,20H2,1-2H3. The van der Waals surface area contributed by atoms with E-state index in [1.165, 1.54) is 99.7 Å². The Hall–Kier alpha value is -1.69. The molecule has 2 saturated heterocycles. The molecule has 5 rings (SSSR count). The molecule has 3 aliphatic rings. The van der Waals surface area contributed by atoms with Gasteiger partial charge in [0, 0.05) is 68.2 Å². The first-order chi connectivity index (χ1) is 16.2. The monoisotopic (exact) mass is 450 g/mol. The fourth-order valence-electron chi connectivity index (χ4n) is 6.74. The largest absolute Gasteiger partial charge is 0.396 e. The van der Waals surface area contributed by atoms with Gasteiger partial charge in [0.1, 0.15) is 0 Å². The van der Waals surface area contributed by atoms with Crippen LogP contribution in [0, 0.1) is 0 Å². The number of aromatic nitrogens is 2. The number of allylic oxidation sites excluding steroid dienone is 2. The second-order valence-electron chi connectivity index (χ2n) is 10.7. The Balaban J connectivity index is 1.35. The van der Waals surface area contributed by atoms with Crippen molar-refractivity contribution in [1.82, 2.24) is 19.4 Å². The van der Waals surface area contributed by atoms with Crippen molar-refractivity contribution in [3.05, 3.63) is 40.9 Å². The SMILES string of the molecule is CC(C)=C1CCC(N2CCC(n3c(CCO)c(CN4CCCC4)c4cnccc43)CC2)CC1. The number of piperidine rings is 1. The van der Waals surface area contributed by atoms with E-state index >= 15 is 0 Å². The Morgan fingerprint density at radius 2 is 1.73 bits per heavy atom. The molecule has 2 aliphatic heterocycles. The fraction of sp³-hybridized carbons (Fsp3) is 0.679. The molecule has 0 radical (unpaired) electrons. The summed E-state index contributed by atoms with van der Waals surface area (Å²) >= 11 is 0. The third kappa shape index (κ3) is 4.78. The van der Waals surface area contributed by atoms with E-state index in [9.17, 15) is 5.11 Å². The van der Waals surface area contributed by atoms with Crippen molar-refractivity contribution < 1.29 is 5.11 Å². The van der Waals surface area contributed by atoms with Crippen LogP contribution in [0.5, 0.6) is 0 Å². The Morgan fingerprint density at radius 3 is 2.39 bits per heavy atom. The Labute approximate surface area is 199 Å². The first-order valence-corrected chi connectivity index (χ1v) is 13.3. The zero-order valence-electron chi connectivity index (χ0n) is 20.7. The van der Waals surface area contributed by atoms with E-state index in [1.54, 1.807) is 11.1 Å². The molecule has 5 nitrogen and oxygen atoms in total. The Kier molecular flexibility index (Phi) is 7.19. The van der Waals surface area contributed by atoms with Crippen molar-refractivity contribution in [3.8, 4) is 0 Å². The summed E-state index contributed by atoms with van der Waals surface area (Å²) in [6, 6.07) is 3.50. The first-order valence-electron chi connectivity index (χ1n) is 13.3. The summed E-state index contributed by atoms with van der Waals surface area (Å²) in [6.07, 6.45) is 15.0. The van der Waals surface area contributed by atoms with Gasteiger partial charge in [-0.2, -0.15) is 0 Å². The third-order valence-corrected chi connectivity index (χ3v) is 8.60. The molecule has 4 heterocycles. The van der Waals surface area contributed by atoms with Gasteiger partial charge in [0.25, 0.3) is 0 Å². The highest BCUT2D eigenvalue weighted by Gasteiger charge is 2.31. The van der Waals surface area contributed by atoms with Crippen molar-refractivity contribution in [2.45, 2.75) is 90.3 Å². The van der Waals surface area contributed by atoms with E-state index in [4.69, 9.17) is 0 Å². The van der Waals surface area contributed by atoms with Gasteiger partial charge in [0.2, 0.25) is 0 Å². The zero-order chi connectivity index (χ0) is 22.8. The molecule has 2 aromatic rings. The lowest BCUT2D eigenvalue weighted by Gasteiger charge is -2.41. The predicted octanol–water partition coefficient (Wildman–Crippen LogP) is 5.08. The molecule has 33 heavy (non-hydrogen) atoms. The number of hydrogen-bond donors (Lipinski definition) is 1. The van der Waals surface area contributed by atoms with Crippen LogP contribution in [0.25, 0.3) is 10.9 Å². The second-order valence-corrected chi connectivity index (χ2v) is 10.7. The molecule has 5 heteroatoms. The smallest absolute Gasteiger partial charge is 0.0519 e. The molecule has 3 fully saturated rings. The zero-order valence-corrected chi connectivity index (χ0v) is 20.7. The van der Waals surface area contributed by atoms with Crippen LogP contribution in [-0.4, -0.2) is 63.3 Å². The summed E-state index contributed by atoms with van der Waals surface area (Å²) in [5.74, 6) is 0. The predicted molar refractivity (Wildman–Crippen MR) is 136 cm³/mol. The molecule has 2 aromatic heterocycles.